The average Bonchev–Trinajstić information content (AvgIpc) is 2.64. The summed E-state index contributed by atoms with van der Waals surface area (Å²) in [6.07, 6.45) is 2.53. The second-order valence-corrected chi connectivity index (χ2v) is 5.93. The van der Waals surface area contributed by atoms with E-state index in [9.17, 15) is 19.1 Å². The highest BCUT2D eigenvalue weighted by molar-refractivity contribution is 5.95. The molecule has 1 aromatic heterocycles. The lowest BCUT2D eigenvalue weighted by Crippen LogP contribution is -2.41. The van der Waals surface area contributed by atoms with Crippen LogP contribution < -0.4 is 5.32 Å². The molecule has 1 aromatic carbocycles. The number of amides is 2. The third kappa shape index (κ3) is 3.93. The number of pyridine rings is 1. The van der Waals surface area contributed by atoms with E-state index < -0.39 is 0 Å². The van der Waals surface area contributed by atoms with Gasteiger partial charge in [-0.1, -0.05) is 0 Å². The summed E-state index contributed by atoms with van der Waals surface area (Å²) in [5.74, 6) is -0.968. The van der Waals surface area contributed by atoms with E-state index in [1.807, 2.05) is 0 Å². The second kappa shape index (κ2) is 7.29. The standard InChI is InChI=1S/C18H18FN3O3/c19-14-5-3-13(4-6-14)18(25)22-10-7-12(8-11-22)17(24)21-16-15(23)2-1-9-20-16/h1-6,9,12,23H,7-8,10-11H2,(H,20,21,24). The molecule has 2 N–H and O–H groups in total. The summed E-state index contributed by atoms with van der Waals surface area (Å²) in [5.41, 5.74) is 0.433. The van der Waals surface area contributed by atoms with Crippen LogP contribution in [-0.2, 0) is 4.79 Å². The zero-order chi connectivity index (χ0) is 17.8. The maximum absolute atomic E-state index is 12.9. The Balaban J connectivity index is 1.56. The number of anilines is 1. The zero-order valence-electron chi connectivity index (χ0n) is 13.5. The number of rotatable bonds is 3. The number of halogens is 1. The van der Waals surface area contributed by atoms with E-state index >= 15 is 0 Å². The smallest absolute Gasteiger partial charge is 0.253 e. The Morgan fingerprint density at radius 2 is 1.84 bits per heavy atom. The molecule has 0 radical (unpaired) electrons. The summed E-state index contributed by atoms with van der Waals surface area (Å²) in [6, 6.07) is 8.46. The van der Waals surface area contributed by atoms with Gasteiger partial charge in [-0.05, 0) is 49.2 Å². The van der Waals surface area contributed by atoms with Crippen molar-refractivity contribution in [2.24, 2.45) is 5.92 Å². The molecule has 0 atom stereocenters. The van der Waals surface area contributed by atoms with Crippen molar-refractivity contribution in [2.45, 2.75) is 12.8 Å². The van der Waals surface area contributed by atoms with E-state index in [4.69, 9.17) is 0 Å². The lowest BCUT2D eigenvalue weighted by atomic mass is 9.95. The number of aromatic nitrogens is 1. The average molecular weight is 343 g/mol. The summed E-state index contributed by atoms with van der Waals surface area (Å²) in [6.45, 7) is 0.894. The van der Waals surface area contributed by atoms with E-state index in [2.05, 4.69) is 10.3 Å². The minimum absolute atomic E-state index is 0.0835. The van der Waals surface area contributed by atoms with E-state index in [0.29, 0.717) is 31.5 Å². The maximum Gasteiger partial charge on any atom is 0.253 e. The van der Waals surface area contributed by atoms with Gasteiger partial charge in [0.1, 0.15) is 5.82 Å². The Hall–Kier alpha value is -2.96. The number of hydrogen-bond donors (Lipinski definition) is 2. The molecule has 0 unspecified atom stereocenters. The van der Waals surface area contributed by atoms with Gasteiger partial charge in [-0.2, -0.15) is 0 Å². The molecule has 1 fully saturated rings. The summed E-state index contributed by atoms with van der Waals surface area (Å²) < 4.78 is 12.9. The maximum atomic E-state index is 12.9. The first-order chi connectivity index (χ1) is 12.0. The normalized spacial score (nSPS) is 15.0. The Labute approximate surface area is 144 Å². The molecule has 0 aliphatic carbocycles. The molecule has 2 heterocycles. The molecule has 6 nitrogen and oxygen atoms in total. The third-order valence-electron chi connectivity index (χ3n) is 4.27. The molecule has 0 saturated carbocycles. The van der Waals surface area contributed by atoms with Crippen LogP contribution in [0.4, 0.5) is 10.2 Å². The molecule has 7 heteroatoms. The van der Waals surface area contributed by atoms with E-state index in [-0.39, 0.29) is 35.1 Å². The van der Waals surface area contributed by atoms with Crippen molar-refractivity contribution in [3.05, 3.63) is 54.0 Å². The molecule has 1 aliphatic rings. The van der Waals surface area contributed by atoms with E-state index in [1.54, 1.807) is 11.0 Å². The molecule has 25 heavy (non-hydrogen) atoms. The Morgan fingerprint density at radius 1 is 1.16 bits per heavy atom. The quantitative estimate of drug-likeness (QED) is 0.897. The van der Waals surface area contributed by atoms with Crippen LogP contribution in [0, 0.1) is 11.7 Å². The Kier molecular flexibility index (Phi) is 4.92. The fourth-order valence-electron chi connectivity index (χ4n) is 2.83. The molecule has 3 rings (SSSR count). The van der Waals surface area contributed by atoms with Gasteiger partial charge in [0, 0.05) is 30.8 Å². The number of carbonyl (C=O) groups excluding carboxylic acids is 2. The van der Waals surface area contributed by atoms with Gasteiger partial charge in [0.2, 0.25) is 5.91 Å². The molecule has 2 amide bonds. The van der Waals surface area contributed by atoms with Crippen LogP contribution in [0.15, 0.2) is 42.6 Å². The third-order valence-corrected chi connectivity index (χ3v) is 4.27. The van der Waals surface area contributed by atoms with Crippen LogP contribution in [0.3, 0.4) is 0 Å². The van der Waals surface area contributed by atoms with Gasteiger partial charge in [0.05, 0.1) is 0 Å². The zero-order valence-corrected chi connectivity index (χ0v) is 13.5. The molecule has 130 valence electrons. The Bertz CT molecular complexity index is 771. The second-order valence-electron chi connectivity index (χ2n) is 5.93. The van der Waals surface area contributed by atoms with Crippen molar-refractivity contribution in [1.29, 1.82) is 0 Å². The Morgan fingerprint density at radius 3 is 2.48 bits per heavy atom. The largest absolute Gasteiger partial charge is 0.504 e. The van der Waals surface area contributed by atoms with Crippen molar-refractivity contribution >= 4 is 17.6 Å². The highest BCUT2D eigenvalue weighted by Crippen LogP contribution is 2.23. The number of nitrogens with zero attached hydrogens (tertiary/aromatic N) is 2. The van der Waals surface area contributed by atoms with Crippen LogP contribution in [0.1, 0.15) is 23.2 Å². The monoisotopic (exact) mass is 343 g/mol. The van der Waals surface area contributed by atoms with Crippen LogP contribution in [0.2, 0.25) is 0 Å². The van der Waals surface area contributed by atoms with Gasteiger partial charge in [-0.25, -0.2) is 9.37 Å². The summed E-state index contributed by atoms with van der Waals surface area (Å²) in [7, 11) is 0. The lowest BCUT2D eigenvalue weighted by molar-refractivity contribution is -0.121. The van der Waals surface area contributed by atoms with Gasteiger partial charge in [0.25, 0.3) is 5.91 Å². The van der Waals surface area contributed by atoms with Crippen molar-refractivity contribution in [1.82, 2.24) is 9.88 Å². The van der Waals surface area contributed by atoms with Gasteiger partial charge >= 0.3 is 0 Å². The fourth-order valence-corrected chi connectivity index (χ4v) is 2.83. The molecular weight excluding hydrogens is 325 g/mol. The molecule has 2 aromatic rings. The molecule has 0 bridgehead atoms. The van der Waals surface area contributed by atoms with Gasteiger partial charge < -0.3 is 15.3 Å². The first-order valence-electron chi connectivity index (χ1n) is 8.04. The SMILES string of the molecule is O=C(Nc1ncccc1O)C1CCN(C(=O)c2ccc(F)cc2)CC1. The highest BCUT2D eigenvalue weighted by atomic mass is 19.1. The molecule has 1 saturated heterocycles. The first-order valence-corrected chi connectivity index (χ1v) is 8.04. The summed E-state index contributed by atoms with van der Waals surface area (Å²) in [5, 5.41) is 12.3. The van der Waals surface area contributed by atoms with Gasteiger partial charge in [-0.15, -0.1) is 0 Å². The summed E-state index contributed by atoms with van der Waals surface area (Å²) >= 11 is 0. The van der Waals surface area contributed by atoms with Crippen LogP contribution in [0.25, 0.3) is 0 Å². The topological polar surface area (TPSA) is 82.5 Å². The minimum atomic E-state index is -0.385. The number of aromatic hydroxyl groups is 1. The van der Waals surface area contributed by atoms with Gasteiger partial charge in [-0.3, -0.25) is 9.59 Å². The lowest BCUT2D eigenvalue weighted by Gasteiger charge is -2.31. The molecule has 1 aliphatic heterocycles. The number of piperidine rings is 1. The van der Waals surface area contributed by atoms with Gasteiger partial charge in [0.15, 0.2) is 11.6 Å². The molecule has 0 spiro atoms. The van der Waals surface area contributed by atoms with Crippen molar-refractivity contribution < 1.29 is 19.1 Å². The fraction of sp³-hybridized carbons (Fsp3) is 0.278. The first kappa shape index (κ1) is 16.9. The van der Waals surface area contributed by atoms with Crippen molar-refractivity contribution in [3.63, 3.8) is 0 Å². The summed E-state index contributed by atoms with van der Waals surface area (Å²) in [4.78, 5) is 30.3. The number of carbonyl (C=O) groups is 2. The van der Waals surface area contributed by atoms with E-state index in [1.165, 1.54) is 36.5 Å². The van der Waals surface area contributed by atoms with Crippen LogP contribution in [-0.4, -0.2) is 39.9 Å². The van der Waals surface area contributed by atoms with Crippen molar-refractivity contribution in [3.8, 4) is 5.75 Å². The van der Waals surface area contributed by atoms with E-state index in [0.717, 1.165) is 0 Å². The van der Waals surface area contributed by atoms with Crippen LogP contribution in [0.5, 0.6) is 5.75 Å². The predicted molar refractivity (Wildman–Crippen MR) is 89.6 cm³/mol. The number of nitrogens with one attached hydrogen (secondary N) is 1. The number of hydrogen-bond acceptors (Lipinski definition) is 4. The predicted octanol–water partition coefficient (Wildman–Crippen LogP) is 2.42. The van der Waals surface area contributed by atoms with Crippen molar-refractivity contribution in [2.75, 3.05) is 18.4 Å². The number of likely N-dealkylation sites (tertiary alicyclic amines) is 1. The molecular formula is C18H18FN3O3. The minimum Gasteiger partial charge on any atom is -0.504 e. The van der Waals surface area contributed by atoms with Crippen LogP contribution >= 0.6 is 0 Å². The highest BCUT2D eigenvalue weighted by Gasteiger charge is 2.28. The number of benzene rings is 1.